The zero-order chi connectivity index (χ0) is 20.6. The molecule has 0 bridgehead atoms. The zero-order valence-electron chi connectivity index (χ0n) is 15.5. The number of benzene rings is 2. The summed E-state index contributed by atoms with van der Waals surface area (Å²) >= 11 is 2.22. The van der Waals surface area contributed by atoms with Crippen molar-refractivity contribution in [1.82, 2.24) is 5.43 Å². The molecule has 0 aliphatic rings. The number of rotatable bonds is 7. The molecule has 0 aliphatic carbocycles. The van der Waals surface area contributed by atoms with Crippen LogP contribution < -0.4 is 10.7 Å². The first-order chi connectivity index (χ1) is 14.0. The molecule has 0 unspecified atom stereocenters. The molecule has 1 amide bonds. The van der Waals surface area contributed by atoms with Crippen molar-refractivity contribution in [2.45, 2.75) is 0 Å². The Labute approximate surface area is 181 Å². The molecule has 0 saturated carbocycles. The Morgan fingerprint density at radius 3 is 2.69 bits per heavy atom. The topological polar surface area (TPSA) is 92.9 Å². The fourth-order valence-electron chi connectivity index (χ4n) is 2.45. The fourth-order valence-corrected chi connectivity index (χ4v) is 2.81. The lowest BCUT2D eigenvalue weighted by Crippen LogP contribution is -2.25. The Hall–Kier alpha value is -3.14. The number of ether oxygens (including phenoxy) is 1. The summed E-state index contributed by atoms with van der Waals surface area (Å²) in [5.41, 5.74) is 4.46. The molecule has 0 saturated heterocycles. The summed E-state index contributed by atoms with van der Waals surface area (Å²) in [6, 6.07) is 18.1. The highest BCUT2D eigenvalue weighted by Crippen LogP contribution is 2.23. The van der Waals surface area contributed by atoms with E-state index in [2.05, 4.69) is 38.4 Å². The summed E-state index contributed by atoms with van der Waals surface area (Å²) in [6.45, 7) is 0.0989. The molecule has 1 heterocycles. The van der Waals surface area contributed by atoms with Crippen LogP contribution in [0.3, 0.4) is 0 Å². The molecule has 2 N–H and O–H groups in total. The third kappa shape index (κ3) is 5.92. The summed E-state index contributed by atoms with van der Waals surface area (Å²) in [6.07, 6.45) is 1.41. The van der Waals surface area contributed by atoms with Gasteiger partial charge in [0.2, 0.25) is 0 Å². The second-order valence-electron chi connectivity index (χ2n) is 5.93. The number of hydrogen-bond acceptors (Lipinski definition) is 6. The van der Waals surface area contributed by atoms with E-state index in [0.29, 0.717) is 17.1 Å². The van der Waals surface area contributed by atoms with Crippen LogP contribution >= 0.6 is 22.6 Å². The van der Waals surface area contributed by atoms with Crippen LogP contribution in [0.4, 0.5) is 5.69 Å². The van der Waals surface area contributed by atoms with Gasteiger partial charge < -0.3 is 14.5 Å². The first kappa shape index (κ1) is 20.6. The van der Waals surface area contributed by atoms with Gasteiger partial charge in [0.05, 0.1) is 25.4 Å². The van der Waals surface area contributed by atoms with Crippen molar-refractivity contribution in [2.75, 3.05) is 19.0 Å². The molecule has 0 fully saturated rings. The van der Waals surface area contributed by atoms with Gasteiger partial charge in [-0.05, 0) is 71.1 Å². The first-order valence-electron chi connectivity index (χ1n) is 8.65. The van der Waals surface area contributed by atoms with Crippen LogP contribution in [0.2, 0.25) is 0 Å². The van der Waals surface area contributed by atoms with Crippen LogP contribution in [-0.2, 0) is 9.53 Å². The van der Waals surface area contributed by atoms with Gasteiger partial charge >= 0.3 is 5.97 Å². The Morgan fingerprint density at radius 2 is 1.93 bits per heavy atom. The fraction of sp³-hybridized carbons (Fsp3) is 0.0952. The Bertz CT molecular complexity index is 1030. The first-order valence-corrected chi connectivity index (χ1v) is 9.73. The minimum absolute atomic E-state index is 0.0989. The van der Waals surface area contributed by atoms with Crippen molar-refractivity contribution in [3.05, 3.63) is 75.6 Å². The van der Waals surface area contributed by atoms with E-state index in [9.17, 15) is 9.59 Å². The Kier molecular flexibility index (Phi) is 7.01. The van der Waals surface area contributed by atoms with Crippen molar-refractivity contribution in [3.8, 4) is 11.3 Å². The molecular weight excluding hydrogens is 485 g/mol. The lowest BCUT2D eigenvalue weighted by atomic mass is 10.1. The molecular formula is C21H18IN3O4. The van der Waals surface area contributed by atoms with Gasteiger partial charge in [-0.2, -0.15) is 5.10 Å². The summed E-state index contributed by atoms with van der Waals surface area (Å²) < 4.78 is 11.5. The van der Waals surface area contributed by atoms with Gasteiger partial charge in [0.15, 0.2) is 0 Å². The van der Waals surface area contributed by atoms with Crippen LogP contribution in [0.5, 0.6) is 0 Å². The highest BCUT2D eigenvalue weighted by Gasteiger charge is 2.09. The number of methoxy groups -OCH3 is 1. The number of nitrogens with zero attached hydrogens (tertiary/aromatic N) is 1. The zero-order valence-corrected chi connectivity index (χ0v) is 17.7. The van der Waals surface area contributed by atoms with Gasteiger partial charge in [0.25, 0.3) is 5.91 Å². The second kappa shape index (κ2) is 9.87. The number of furan rings is 1. The van der Waals surface area contributed by atoms with Gasteiger partial charge in [0, 0.05) is 14.8 Å². The molecule has 3 aromatic rings. The standard InChI is InChI=1S/C21H18IN3O4/c1-28-21(27)15-4-2-3-14(11-15)19-10-9-18(29-19)12-24-25-20(26)13-23-17-7-5-16(22)6-8-17/h2-12,23H,13H2,1H3,(H,25,26)/b24-12-. The van der Waals surface area contributed by atoms with E-state index in [4.69, 9.17) is 9.15 Å². The number of esters is 1. The number of amides is 1. The molecule has 0 aliphatic heterocycles. The SMILES string of the molecule is COC(=O)c1cccc(-c2ccc(/C=N\NC(=O)CNc3ccc(I)cc3)o2)c1. The lowest BCUT2D eigenvalue weighted by molar-refractivity contribution is -0.119. The lowest BCUT2D eigenvalue weighted by Gasteiger charge is -2.04. The van der Waals surface area contributed by atoms with Crippen molar-refractivity contribution >= 4 is 46.4 Å². The number of hydrogen-bond donors (Lipinski definition) is 2. The quantitative estimate of drug-likeness (QED) is 0.221. The molecule has 8 heteroatoms. The highest BCUT2D eigenvalue weighted by molar-refractivity contribution is 14.1. The maximum absolute atomic E-state index is 11.9. The van der Waals surface area contributed by atoms with E-state index < -0.39 is 5.97 Å². The number of nitrogens with one attached hydrogen (secondary N) is 2. The minimum atomic E-state index is -0.415. The van der Waals surface area contributed by atoms with Crippen LogP contribution in [0, 0.1) is 3.57 Å². The number of carbonyl (C=O) groups excluding carboxylic acids is 2. The maximum atomic E-state index is 11.9. The van der Waals surface area contributed by atoms with Gasteiger partial charge in [-0.15, -0.1) is 0 Å². The summed E-state index contributed by atoms with van der Waals surface area (Å²) in [5.74, 6) is 0.345. The molecule has 0 spiro atoms. The monoisotopic (exact) mass is 503 g/mol. The Morgan fingerprint density at radius 1 is 1.14 bits per heavy atom. The maximum Gasteiger partial charge on any atom is 0.337 e. The van der Waals surface area contributed by atoms with E-state index in [-0.39, 0.29) is 12.5 Å². The van der Waals surface area contributed by atoms with Crippen molar-refractivity contribution < 1.29 is 18.7 Å². The van der Waals surface area contributed by atoms with E-state index >= 15 is 0 Å². The second-order valence-corrected chi connectivity index (χ2v) is 7.17. The number of halogens is 1. The van der Waals surface area contributed by atoms with Gasteiger partial charge in [-0.1, -0.05) is 12.1 Å². The van der Waals surface area contributed by atoms with Gasteiger partial charge in [-0.25, -0.2) is 10.2 Å². The van der Waals surface area contributed by atoms with E-state index in [1.165, 1.54) is 13.3 Å². The van der Waals surface area contributed by atoms with Crippen LogP contribution in [0.15, 0.2) is 70.2 Å². The number of anilines is 1. The summed E-state index contributed by atoms with van der Waals surface area (Å²) in [7, 11) is 1.33. The van der Waals surface area contributed by atoms with Crippen molar-refractivity contribution in [1.29, 1.82) is 0 Å². The minimum Gasteiger partial charge on any atom is -0.465 e. The predicted octanol–water partition coefficient (Wildman–Crippen LogP) is 3.90. The average Bonchev–Trinajstić information content (AvgIpc) is 3.22. The molecule has 7 nitrogen and oxygen atoms in total. The molecule has 0 radical (unpaired) electrons. The summed E-state index contributed by atoms with van der Waals surface area (Å²) in [5, 5.41) is 6.92. The largest absolute Gasteiger partial charge is 0.465 e. The van der Waals surface area contributed by atoms with Gasteiger partial charge in [0.1, 0.15) is 11.5 Å². The normalized spacial score (nSPS) is 10.7. The van der Waals surface area contributed by atoms with Crippen LogP contribution in [0.25, 0.3) is 11.3 Å². The number of hydrazone groups is 1. The molecule has 3 rings (SSSR count). The van der Waals surface area contributed by atoms with Crippen LogP contribution in [-0.4, -0.2) is 31.7 Å². The van der Waals surface area contributed by atoms with E-state index in [1.807, 2.05) is 30.3 Å². The van der Waals surface area contributed by atoms with Crippen LogP contribution in [0.1, 0.15) is 16.1 Å². The molecule has 148 valence electrons. The summed E-state index contributed by atoms with van der Waals surface area (Å²) in [4.78, 5) is 23.5. The highest BCUT2D eigenvalue weighted by atomic mass is 127. The smallest absolute Gasteiger partial charge is 0.337 e. The van der Waals surface area contributed by atoms with Crippen molar-refractivity contribution in [3.63, 3.8) is 0 Å². The average molecular weight is 503 g/mol. The molecule has 1 aromatic heterocycles. The van der Waals surface area contributed by atoms with E-state index in [0.717, 1.165) is 14.8 Å². The van der Waals surface area contributed by atoms with Gasteiger partial charge in [-0.3, -0.25) is 4.79 Å². The molecule has 29 heavy (non-hydrogen) atoms. The predicted molar refractivity (Wildman–Crippen MR) is 119 cm³/mol. The molecule has 0 atom stereocenters. The number of carbonyl (C=O) groups is 2. The van der Waals surface area contributed by atoms with Crippen molar-refractivity contribution in [2.24, 2.45) is 5.10 Å². The van der Waals surface area contributed by atoms with E-state index in [1.54, 1.807) is 30.3 Å². The molecule has 2 aromatic carbocycles. The third-order valence-corrected chi connectivity index (χ3v) is 4.59. The third-order valence-electron chi connectivity index (χ3n) is 3.87. The Balaban J connectivity index is 1.54.